The fourth-order valence-electron chi connectivity index (χ4n) is 5.56. The topological polar surface area (TPSA) is 63.7 Å². The Labute approximate surface area is 234 Å². The number of carbonyl (C=O) groups excluding carboxylic acids is 1. The lowest BCUT2D eigenvalue weighted by Crippen LogP contribution is -2.53. The summed E-state index contributed by atoms with van der Waals surface area (Å²) in [6.07, 6.45) is 1.83. The number of para-hydroxylation sites is 1. The molecule has 0 bridgehead atoms. The predicted molar refractivity (Wildman–Crippen MR) is 155 cm³/mol. The molecular formula is C31H47N3O5. The van der Waals surface area contributed by atoms with Crippen molar-refractivity contribution in [2.45, 2.75) is 52.2 Å². The molecule has 0 aromatic heterocycles. The third-order valence-corrected chi connectivity index (χ3v) is 8.11. The van der Waals surface area contributed by atoms with Crippen LogP contribution in [0.25, 0.3) is 0 Å². The summed E-state index contributed by atoms with van der Waals surface area (Å²) in [5, 5.41) is 0. The number of rotatable bonds is 13. The van der Waals surface area contributed by atoms with Crippen LogP contribution in [0, 0.1) is 13.8 Å². The quantitative estimate of drug-likeness (QED) is 0.353. The van der Waals surface area contributed by atoms with E-state index in [9.17, 15) is 4.79 Å². The third kappa shape index (κ3) is 7.65. The third-order valence-electron chi connectivity index (χ3n) is 8.11. The van der Waals surface area contributed by atoms with Gasteiger partial charge in [-0.3, -0.25) is 4.90 Å². The standard InChI is InChI=1S/C31H47N3O5/c1-23-24(2)29(38-6)13-12-28(23)25(3)32-16-14-27(15-17-32)34(19-21-37-5)31(35)33(18-20-36-4)22-26-10-8-9-11-30(26)39-7/h8-13,25,27H,14-22H2,1-7H3. The van der Waals surface area contributed by atoms with E-state index in [1.165, 1.54) is 16.7 Å². The van der Waals surface area contributed by atoms with Crippen molar-refractivity contribution in [3.8, 4) is 11.5 Å². The van der Waals surface area contributed by atoms with Gasteiger partial charge in [-0.1, -0.05) is 24.3 Å². The van der Waals surface area contributed by atoms with Gasteiger partial charge < -0.3 is 28.7 Å². The summed E-state index contributed by atoms with van der Waals surface area (Å²) >= 11 is 0. The molecule has 2 amide bonds. The summed E-state index contributed by atoms with van der Waals surface area (Å²) in [6, 6.07) is 12.6. The van der Waals surface area contributed by atoms with E-state index in [2.05, 4.69) is 37.8 Å². The van der Waals surface area contributed by atoms with Gasteiger partial charge in [-0.25, -0.2) is 4.79 Å². The molecule has 1 aliphatic rings. The maximum Gasteiger partial charge on any atom is 0.320 e. The number of hydrogen-bond acceptors (Lipinski definition) is 6. The molecule has 2 aromatic carbocycles. The number of urea groups is 1. The Morgan fingerprint density at radius 1 is 0.897 bits per heavy atom. The highest BCUT2D eigenvalue weighted by atomic mass is 16.5. The summed E-state index contributed by atoms with van der Waals surface area (Å²) < 4.78 is 21.8. The normalized spacial score (nSPS) is 15.2. The Kier molecular flexibility index (Phi) is 11.9. The van der Waals surface area contributed by atoms with Crippen LogP contribution < -0.4 is 9.47 Å². The van der Waals surface area contributed by atoms with E-state index in [1.54, 1.807) is 28.4 Å². The molecule has 0 spiro atoms. The Bertz CT molecular complexity index is 1050. The zero-order valence-electron chi connectivity index (χ0n) is 24.9. The molecule has 1 saturated heterocycles. The van der Waals surface area contributed by atoms with Crippen molar-refractivity contribution >= 4 is 6.03 Å². The van der Waals surface area contributed by atoms with Gasteiger partial charge in [0.15, 0.2) is 0 Å². The van der Waals surface area contributed by atoms with Crippen LogP contribution >= 0.6 is 0 Å². The molecule has 1 heterocycles. The average molecular weight is 542 g/mol. The number of ether oxygens (including phenoxy) is 4. The molecule has 1 atom stereocenters. The number of hydrogen-bond donors (Lipinski definition) is 0. The van der Waals surface area contributed by atoms with Gasteiger partial charge >= 0.3 is 6.03 Å². The molecule has 8 nitrogen and oxygen atoms in total. The summed E-state index contributed by atoms with van der Waals surface area (Å²) in [6.45, 7) is 10.9. The van der Waals surface area contributed by atoms with Crippen LogP contribution in [0.2, 0.25) is 0 Å². The molecule has 39 heavy (non-hydrogen) atoms. The van der Waals surface area contributed by atoms with E-state index in [-0.39, 0.29) is 12.1 Å². The molecule has 3 rings (SSSR count). The maximum absolute atomic E-state index is 14.0. The van der Waals surface area contributed by atoms with Crippen molar-refractivity contribution in [2.24, 2.45) is 0 Å². The first-order chi connectivity index (χ1) is 18.9. The van der Waals surface area contributed by atoms with Crippen LogP contribution in [-0.4, -0.2) is 94.6 Å². The lowest BCUT2D eigenvalue weighted by atomic mass is 9.94. The highest BCUT2D eigenvalue weighted by Gasteiger charge is 2.32. The summed E-state index contributed by atoms with van der Waals surface area (Å²) in [5.41, 5.74) is 4.79. The van der Waals surface area contributed by atoms with Crippen molar-refractivity contribution in [1.82, 2.24) is 14.7 Å². The zero-order valence-corrected chi connectivity index (χ0v) is 24.9. The van der Waals surface area contributed by atoms with Crippen LogP contribution in [0.4, 0.5) is 4.79 Å². The van der Waals surface area contributed by atoms with Crippen molar-refractivity contribution < 1.29 is 23.7 Å². The van der Waals surface area contributed by atoms with Crippen LogP contribution in [0.1, 0.15) is 48.1 Å². The van der Waals surface area contributed by atoms with Gasteiger partial charge in [0.05, 0.1) is 34.0 Å². The Balaban J connectivity index is 1.74. The molecule has 0 saturated carbocycles. The van der Waals surface area contributed by atoms with E-state index >= 15 is 0 Å². The zero-order chi connectivity index (χ0) is 28.4. The van der Waals surface area contributed by atoms with Gasteiger partial charge in [-0.15, -0.1) is 0 Å². The highest BCUT2D eigenvalue weighted by Crippen LogP contribution is 2.32. The number of benzene rings is 2. The average Bonchev–Trinajstić information content (AvgIpc) is 2.96. The summed E-state index contributed by atoms with van der Waals surface area (Å²) in [5.74, 6) is 1.71. The van der Waals surface area contributed by atoms with E-state index in [1.807, 2.05) is 34.1 Å². The molecule has 0 N–H and O–H groups in total. The monoisotopic (exact) mass is 541 g/mol. The smallest absolute Gasteiger partial charge is 0.320 e. The Morgan fingerprint density at radius 2 is 1.54 bits per heavy atom. The lowest BCUT2D eigenvalue weighted by molar-refractivity contribution is 0.0619. The number of piperidine rings is 1. The molecule has 0 aliphatic carbocycles. The minimum atomic E-state index is 0.0168. The molecule has 1 unspecified atom stereocenters. The van der Waals surface area contributed by atoms with Gasteiger partial charge in [-0.2, -0.15) is 0 Å². The van der Waals surface area contributed by atoms with E-state index < -0.39 is 0 Å². The fourth-order valence-corrected chi connectivity index (χ4v) is 5.56. The summed E-state index contributed by atoms with van der Waals surface area (Å²) in [7, 11) is 6.73. The molecule has 8 heteroatoms. The number of carbonyl (C=O) groups is 1. The van der Waals surface area contributed by atoms with Gasteiger partial charge in [0, 0.05) is 58.0 Å². The van der Waals surface area contributed by atoms with Gasteiger partial charge in [0.2, 0.25) is 0 Å². The Morgan fingerprint density at radius 3 is 2.18 bits per heavy atom. The minimum Gasteiger partial charge on any atom is -0.496 e. The van der Waals surface area contributed by atoms with Crippen LogP contribution in [-0.2, 0) is 16.0 Å². The predicted octanol–water partition coefficient (Wildman–Crippen LogP) is 5.06. The van der Waals surface area contributed by atoms with Crippen LogP contribution in [0.15, 0.2) is 36.4 Å². The van der Waals surface area contributed by atoms with Gasteiger partial charge in [0.1, 0.15) is 11.5 Å². The fraction of sp³-hybridized carbons (Fsp3) is 0.581. The van der Waals surface area contributed by atoms with Crippen molar-refractivity contribution in [3.05, 3.63) is 58.7 Å². The van der Waals surface area contributed by atoms with E-state index in [0.29, 0.717) is 38.9 Å². The van der Waals surface area contributed by atoms with Crippen molar-refractivity contribution in [2.75, 3.05) is 67.8 Å². The van der Waals surface area contributed by atoms with Crippen LogP contribution in [0.5, 0.6) is 11.5 Å². The molecule has 2 aromatic rings. The first-order valence-corrected chi connectivity index (χ1v) is 13.9. The summed E-state index contributed by atoms with van der Waals surface area (Å²) in [4.78, 5) is 20.4. The van der Waals surface area contributed by atoms with E-state index in [4.69, 9.17) is 18.9 Å². The molecule has 1 fully saturated rings. The second-order valence-corrected chi connectivity index (χ2v) is 10.2. The number of likely N-dealkylation sites (tertiary alicyclic amines) is 1. The molecule has 216 valence electrons. The molecule has 1 aliphatic heterocycles. The number of methoxy groups -OCH3 is 4. The van der Waals surface area contributed by atoms with E-state index in [0.717, 1.165) is 43.0 Å². The first-order valence-electron chi connectivity index (χ1n) is 13.9. The number of amides is 2. The van der Waals surface area contributed by atoms with Gasteiger partial charge in [0.25, 0.3) is 0 Å². The number of nitrogens with zero attached hydrogens (tertiary/aromatic N) is 3. The maximum atomic E-state index is 14.0. The van der Waals surface area contributed by atoms with Crippen molar-refractivity contribution in [3.63, 3.8) is 0 Å². The van der Waals surface area contributed by atoms with Gasteiger partial charge in [-0.05, 0) is 62.4 Å². The Hall–Kier alpha value is -2.81. The molecule has 0 radical (unpaired) electrons. The highest BCUT2D eigenvalue weighted by molar-refractivity contribution is 5.75. The molecular weight excluding hydrogens is 494 g/mol. The second kappa shape index (κ2) is 15.1. The lowest BCUT2D eigenvalue weighted by Gasteiger charge is -2.42. The largest absolute Gasteiger partial charge is 0.496 e. The SMILES string of the molecule is COCCN(Cc1ccccc1OC)C(=O)N(CCOC)C1CCN(C(C)c2ccc(OC)c(C)c2C)CC1. The minimum absolute atomic E-state index is 0.0168. The van der Waals surface area contributed by atoms with Crippen molar-refractivity contribution in [1.29, 1.82) is 0 Å². The van der Waals surface area contributed by atoms with Crippen LogP contribution in [0.3, 0.4) is 0 Å². The first kappa shape index (κ1) is 30.7. The second-order valence-electron chi connectivity index (χ2n) is 10.2.